The highest BCUT2D eigenvalue weighted by Crippen LogP contribution is 2.22. The van der Waals surface area contributed by atoms with Gasteiger partial charge in [-0.15, -0.1) is 0 Å². The summed E-state index contributed by atoms with van der Waals surface area (Å²) in [7, 11) is 1.59. The second-order valence-electron chi connectivity index (χ2n) is 4.89. The van der Waals surface area contributed by atoms with Gasteiger partial charge in [0.25, 0.3) is 15.1 Å². The Morgan fingerprint density at radius 2 is 1.87 bits per heavy atom. The van der Waals surface area contributed by atoms with Gasteiger partial charge < -0.3 is 9.73 Å². The van der Waals surface area contributed by atoms with Gasteiger partial charge in [-0.25, -0.2) is 8.42 Å². The fraction of sp³-hybridized carbons (Fsp3) is 0.133. The van der Waals surface area contributed by atoms with Crippen molar-refractivity contribution in [2.24, 2.45) is 0 Å². The van der Waals surface area contributed by atoms with Gasteiger partial charge in [0, 0.05) is 28.3 Å². The molecule has 0 saturated carbocycles. The summed E-state index contributed by atoms with van der Waals surface area (Å²) >= 11 is 5.90. The maximum Gasteiger partial charge on any atom is 0.295 e. The molecule has 3 rings (SSSR count). The minimum Gasteiger partial charge on any atom is -0.424 e. The van der Waals surface area contributed by atoms with E-state index in [2.05, 4.69) is 10.3 Å². The van der Waals surface area contributed by atoms with Crippen LogP contribution in [0.4, 0.5) is 6.01 Å². The fourth-order valence-electron chi connectivity index (χ4n) is 2.11. The van der Waals surface area contributed by atoms with Crippen molar-refractivity contribution in [3.05, 3.63) is 53.1 Å². The molecule has 1 heterocycles. The lowest BCUT2D eigenvalue weighted by Crippen LogP contribution is -2.05. The van der Waals surface area contributed by atoms with E-state index in [-0.39, 0.29) is 4.90 Å². The zero-order valence-corrected chi connectivity index (χ0v) is 14.1. The monoisotopic (exact) mass is 370 g/mol. The van der Waals surface area contributed by atoms with Gasteiger partial charge in [0.05, 0.1) is 4.90 Å². The topological polar surface area (TPSA) is 72.2 Å². The van der Waals surface area contributed by atoms with Crippen molar-refractivity contribution in [2.45, 2.75) is 11.3 Å². The summed E-state index contributed by atoms with van der Waals surface area (Å²) in [6.07, 6.45) is 0.683. The third-order valence-electron chi connectivity index (χ3n) is 3.25. The molecule has 0 bridgehead atoms. The first-order chi connectivity index (χ1) is 10.9. The lowest BCUT2D eigenvalue weighted by molar-refractivity contribution is 0.609. The van der Waals surface area contributed by atoms with E-state index in [1.165, 1.54) is 12.1 Å². The number of hydrogen-bond donors (Lipinski definition) is 1. The number of aromatic nitrogens is 1. The van der Waals surface area contributed by atoms with E-state index in [4.69, 9.17) is 26.7 Å². The van der Waals surface area contributed by atoms with Crippen LogP contribution in [-0.4, -0.2) is 19.9 Å². The number of benzene rings is 2. The molecule has 1 N–H and O–H groups in total. The molecule has 0 atom stereocenters. The molecule has 0 aliphatic rings. The maximum absolute atomic E-state index is 11.2. The molecule has 3 aromatic rings. The molecule has 0 aliphatic carbocycles. The Balaban J connectivity index is 1.62. The molecular weight excluding hydrogens is 359 g/mol. The van der Waals surface area contributed by atoms with Crippen LogP contribution in [-0.2, 0) is 15.5 Å². The Morgan fingerprint density at radius 1 is 1.13 bits per heavy atom. The summed E-state index contributed by atoms with van der Waals surface area (Å²) in [5.41, 5.74) is 2.32. The Morgan fingerprint density at radius 3 is 2.57 bits per heavy atom. The summed E-state index contributed by atoms with van der Waals surface area (Å²) in [6.45, 7) is 0.591. The van der Waals surface area contributed by atoms with Crippen molar-refractivity contribution >= 4 is 48.4 Å². The predicted molar refractivity (Wildman–Crippen MR) is 90.7 cm³/mol. The molecule has 0 spiro atoms. The number of oxazole rings is 1. The summed E-state index contributed by atoms with van der Waals surface area (Å²) < 4.78 is 27.9. The van der Waals surface area contributed by atoms with E-state index < -0.39 is 9.05 Å². The Bertz CT molecular complexity index is 937. The molecule has 0 aliphatic heterocycles. The van der Waals surface area contributed by atoms with Gasteiger partial charge in [-0.3, -0.25) is 0 Å². The Hall–Kier alpha value is -1.76. The predicted octanol–water partition coefficient (Wildman–Crippen LogP) is 4.06. The van der Waals surface area contributed by atoms with Crippen LogP contribution < -0.4 is 5.32 Å². The van der Waals surface area contributed by atoms with Crippen LogP contribution in [0.25, 0.3) is 11.1 Å². The van der Waals surface area contributed by atoms with Crippen molar-refractivity contribution in [2.75, 3.05) is 11.9 Å². The number of hydrogen-bond acceptors (Lipinski definition) is 5. The minimum atomic E-state index is -3.68. The van der Waals surface area contributed by atoms with E-state index in [9.17, 15) is 8.42 Å². The molecule has 5 nitrogen and oxygen atoms in total. The first-order valence-corrected chi connectivity index (χ1v) is 9.44. The van der Waals surface area contributed by atoms with Gasteiger partial charge in [-0.05, 0) is 36.2 Å². The summed E-state index contributed by atoms with van der Waals surface area (Å²) in [4.78, 5) is 4.39. The largest absolute Gasteiger partial charge is 0.424 e. The van der Waals surface area contributed by atoms with Crippen LogP contribution in [0.2, 0.25) is 5.02 Å². The first kappa shape index (κ1) is 16.1. The zero-order chi connectivity index (χ0) is 16.4. The number of fused-ring (bicyclic) bond motifs is 1. The standard InChI is InChI=1S/C15H12Cl2N2O3S/c16-11-3-6-13-14(9-11)22-15(19-13)18-8-7-10-1-4-12(5-2-10)23(17,20)21/h1-6,9H,7-8H2,(H,18,19). The number of anilines is 1. The molecule has 2 aromatic carbocycles. The lowest BCUT2D eigenvalue weighted by Gasteiger charge is -2.03. The highest BCUT2D eigenvalue weighted by Gasteiger charge is 2.09. The molecule has 0 unspecified atom stereocenters. The quantitative estimate of drug-likeness (QED) is 0.685. The van der Waals surface area contributed by atoms with Crippen LogP contribution in [0.3, 0.4) is 0 Å². The molecule has 8 heteroatoms. The van der Waals surface area contributed by atoms with Crippen LogP contribution in [0, 0.1) is 0 Å². The summed E-state index contributed by atoms with van der Waals surface area (Å²) in [6, 6.07) is 12.1. The molecular formula is C15H12Cl2N2O3S. The highest BCUT2D eigenvalue weighted by molar-refractivity contribution is 8.13. The van der Waals surface area contributed by atoms with E-state index in [0.717, 1.165) is 11.1 Å². The molecule has 1 aromatic heterocycles. The molecule has 0 saturated heterocycles. The van der Waals surface area contributed by atoms with Crippen LogP contribution in [0.15, 0.2) is 51.8 Å². The average molecular weight is 371 g/mol. The maximum atomic E-state index is 11.2. The third-order valence-corrected chi connectivity index (χ3v) is 4.85. The van der Waals surface area contributed by atoms with Gasteiger partial charge in [0.2, 0.25) is 0 Å². The second-order valence-corrected chi connectivity index (χ2v) is 7.89. The third kappa shape index (κ3) is 3.96. The van der Waals surface area contributed by atoms with Crippen LogP contribution in [0.5, 0.6) is 0 Å². The van der Waals surface area contributed by atoms with Crippen LogP contribution >= 0.6 is 22.3 Å². The molecule has 0 radical (unpaired) electrons. The molecule has 0 amide bonds. The van der Waals surface area contributed by atoms with Crippen LogP contribution in [0.1, 0.15) is 5.56 Å². The number of halogens is 2. The first-order valence-electron chi connectivity index (χ1n) is 6.75. The van der Waals surface area contributed by atoms with E-state index in [1.54, 1.807) is 30.3 Å². The number of nitrogens with zero attached hydrogens (tertiary/aromatic N) is 1. The van der Waals surface area contributed by atoms with Gasteiger partial charge in [-0.1, -0.05) is 23.7 Å². The SMILES string of the molecule is O=S(=O)(Cl)c1ccc(CCNc2nc3ccc(Cl)cc3o2)cc1. The second kappa shape index (κ2) is 6.39. The van der Waals surface area contributed by atoms with Crippen molar-refractivity contribution < 1.29 is 12.8 Å². The summed E-state index contributed by atoms with van der Waals surface area (Å²) in [5.74, 6) is 0. The molecule has 120 valence electrons. The van der Waals surface area contributed by atoms with Gasteiger partial charge in [0.1, 0.15) is 5.52 Å². The summed E-state index contributed by atoms with van der Waals surface area (Å²) in [5, 5.41) is 3.67. The molecule has 0 fully saturated rings. The highest BCUT2D eigenvalue weighted by atomic mass is 35.7. The molecule has 23 heavy (non-hydrogen) atoms. The number of rotatable bonds is 5. The minimum absolute atomic E-state index is 0.0895. The smallest absolute Gasteiger partial charge is 0.295 e. The van der Waals surface area contributed by atoms with Crippen molar-refractivity contribution in [3.8, 4) is 0 Å². The lowest BCUT2D eigenvalue weighted by atomic mass is 10.1. The van der Waals surface area contributed by atoms with Crippen molar-refractivity contribution in [1.82, 2.24) is 4.98 Å². The van der Waals surface area contributed by atoms with Crippen molar-refractivity contribution in [1.29, 1.82) is 0 Å². The van der Waals surface area contributed by atoms with Gasteiger partial charge >= 0.3 is 0 Å². The Labute approximate surface area is 142 Å². The van der Waals surface area contributed by atoms with Gasteiger partial charge in [-0.2, -0.15) is 4.98 Å². The average Bonchev–Trinajstić information content (AvgIpc) is 2.88. The van der Waals surface area contributed by atoms with Crippen molar-refractivity contribution in [3.63, 3.8) is 0 Å². The van der Waals surface area contributed by atoms with Gasteiger partial charge in [0.15, 0.2) is 5.58 Å². The normalized spacial score (nSPS) is 11.7. The number of nitrogens with one attached hydrogen (secondary N) is 1. The van der Waals surface area contributed by atoms with E-state index in [0.29, 0.717) is 29.6 Å². The fourth-order valence-corrected chi connectivity index (χ4v) is 3.04. The van der Waals surface area contributed by atoms with E-state index >= 15 is 0 Å². The zero-order valence-electron chi connectivity index (χ0n) is 11.8. The Kier molecular flexibility index (Phi) is 4.48. The van der Waals surface area contributed by atoms with E-state index in [1.807, 2.05) is 0 Å².